The van der Waals surface area contributed by atoms with Crippen LogP contribution >= 0.6 is 11.8 Å². The first-order chi connectivity index (χ1) is 11.0. The van der Waals surface area contributed by atoms with E-state index in [-0.39, 0.29) is 10.6 Å². The van der Waals surface area contributed by atoms with Gasteiger partial charge >= 0.3 is 0 Å². The maximum Gasteiger partial charge on any atom is 0.271 e. The zero-order chi connectivity index (χ0) is 16.4. The van der Waals surface area contributed by atoms with Gasteiger partial charge in [-0.1, -0.05) is 11.8 Å². The standard InChI is InChI=1S/C15H21N5O2S/c1-17-5-7-19(8-6-17)9-10-23-15-16-13-11-12(20(21)22)3-4-14(13)18(15)2/h3-4,11H,5-10H2,1-2H3. The van der Waals surface area contributed by atoms with E-state index in [9.17, 15) is 10.1 Å². The number of nitrogens with zero attached hydrogens (tertiary/aromatic N) is 5. The summed E-state index contributed by atoms with van der Waals surface area (Å²) in [7, 11) is 4.12. The highest BCUT2D eigenvalue weighted by molar-refractivity contribution is 7.99. The molecule has 124 valence electrons. The van der Waals surface area contributed by atoms with Crippen LogP contribution < -0.4 is 0 Å². The Hall–Kier alpha value is -1.64. The van der Waals surface area contributed by atoms with Crippen molar-refractivity contribution in [1.29, 1.82) is 0 Å². The molecule has 23 heavy (non-hydrogen) atoms. The number of piperazine rings is 1. The lowest BCUT2D eigenvalue weighted by Crippen LogP contribution is -2.45. The quantitative estimate of drug-likeness (QED) is 0.472. The fourth-order valence-electron chi connectivity index (χ4n) is 2.75. The van der Waals surface area contributed by atoms with Gasteiger partial charge in [-0.05, 0) is 13.1 Å². The Balaban J connectivity index is 1.63. The summed E-state index contributed by atoms with van der Waals surface area (Å²) < 4.78 is 2.01. The van der Waals surface area contributed by atoms with E-state index >= 15 is 0 Å². The fourth-order valence-corrected chi connectivity index (χ4v) is 3.73. The van der Waals surface area contributed by atoms with E-state index in [4.69, 9.17) is 0 Å². The molecule has 8 heteroatoms. The van der Waals surface area contributed by atoms with Crippen LogP contribution in [0.4, 0.5) is 5.69 Å². The number of likely N-dealkylation sites (N-methyl/N-ethyl adjacent to an activating group) is 1. The summed E-state index contributed by atoms with van der Waals surface area (Å²) in [6, 6.07) is 4.84. The minimum atomic E-state index is -0.381. The predicted molar refractivity (Wildman–Crippen MR) is 92.0 cm³/mol. The maximum atomic E-state index is 10.9. The lowest BCUT2D eigenvalue weighted by molar-refractivity contribution is -0.384. The van der Waals surface area contributed by atoms with E-state index in [1.807, 2.05) is 11.6 Å². The summed E-state index contributed by atoms with van der Waals surface area (Å²) in [5.74, 6) is 0.975. The van der Waals surface area contributed by atoms with Crippen LogP contribution in [0.1, 0.15) is 0 Å². The summed E-state index contributed by atoms with van der Waals surface area (Å²) in [6.07, 6.45) is 0. The predicted octanol–water partition coefficient (Wildman–Crippen LogP) is 1.82. The summed E-state index contributed by atoms with van der Waals surface area (Å²) in [5.41, 5.74) is 1.70. The number of aromatic nitrogens is 2. The first-order valence-corrected chi connectivity index (χ1v) is 8.68. The molecule has 0 bridgehead atoms. The molecule has 1 aromatic heterocycles. The van der Waals surface area contributed by atoms with E-state index in [0.29, 0.717) is 5.52 Å². The highest BCUT2D eigenvalue weighted by Crippen LogP contribution is 2.25. The van der Waals surface area contributed by atoms with Crippen molar-refractivity contribution in [2.45, 2.75) is 5.16 Å². The number of hydrogen-bond donors (Lipinski definition) is 0. The number of benzene rings is 1. The first-order valence-electron chi connectivity index (χ1n) is 7.69. The van der Waals surface area contributed by atoms with E-state index in [1.54, 1.807) is 23.9 Å². The van der Waals surface area contributed by atoms with Gasteiger partial charge in [0.15, 0.2) is 5.16 Å². The normalized spacial score (nSPS) is 17.0. The second kappa shape index (κ2) is 6.86. The van der Waals surface area contributed by atoms with Crippen molar-refractivity contribution in [3.05, 3.63) is 28.3 Å². The number of non-ortho nitro benzene ring substituents is 1. The third-order valence-corrected chi connectivity index (χ3v) is 5.28. The number of imidazole rings is 1. The Morgan fingerprint density at radius 3 is 2.70 bits per heavy atom. The molecule has 2 aromatic rings. The Bertz CT molecular complexity index is 709. The number of thioether (sulfide) groups is 1. The molecule has 0 spiro atoms. The topological polar surface area (TPSA) is 67.4 Å². The third-order valence-electron chi connectivity index (χ3n) is 4.27. The van der Waals surface area contributed by atoms with Crippen molar-refractivity contribution in [2.75, 3.05) is 45.5 Å². The minimum Gasteiger partial charge on any atom is -0.322 e. The van der Waals surface area contributed by atoms with Crippen molar-refractivity contribution in [2.24, 2.45) is 7.05 Å². The average molecular weight is 335 g/mol. The number of nitro benzene ring substituents is 1. The van der Waals surface area contributed by atoms with Gasteiger partial charge in [0, 0.05) is 57.7 Å². The van der Waals surface area contributed by atoms with E-state index in [1.165, 1.54) is 6.07 Å². The summed E-state index contributed by atoms with van der Waals surface area (Å²) in [4.78, 5) is 19.8. The van der Waals surface area contributed by atoms with Crippen LogP contribution in [-0.2, 0) is 7.05 Å². The maximum absolute atomic E-state index is 10.9. The van der Waals surface area contributed by atoms with Crippen LogP contribution in [0.25, 0.3) is 11.0 Å². The van der Waals surface area contributed by atoms with Gasteiger partial charge in [-0.3, -0.25) is 15.0 Å². The molecule has 0 unspecified atom stereocenters. The Morgan fingerprint density at radius 2 is 2.00 bits per heavy atom. The molecular weight excluding hydrogens is 314 g/mol. The van der Waals surface area contributed by atoms with Gasteiger partial charge in [0.25, 0.3) is 5.69 Å². The second-order valence-electron chi connectivity index (χ2n) is 5.88. The lowest BCUT2D eigenvalue weighted by Gasteiger charge is -2.32. The zero-order valence-corrected chi connectivity index (χ0v) is 14.3. The number of nitro groups is 1. The molecule has 0 aliphatic carbocycles. The molecule has 2 heterocycles. The van der Waals surface area contributed by atoms with Gasteiger partial charge in [-0.15, -0.1) is 0 Å². The fraction of sp³-hybridized carbons (Fsp3) is 0.533. The molecule has 0 N–H and O–H groups in total. The molecule has 0 atom stereocenters. The second-order valence-corrected chi connectivity index (χ2v) is 6.94. The molecule has 1 aliphatic rings. The molecule has 0 saturated carbocycles. The van der Waals surface area contributed by atoms with Crippen LogP contribution in [0.15, 0.2) is 23.4 Å². The van der Waals surface area contributed by atoms with E-state index in [2.05, 4.69) is 21.8 Å². The number of aryl methyl sites for hydroxylation is 1. The van der Waals surface area contributed by atoms with Crippen LogP contribution in [0.2, 0.25) is 0 Å². The molecule has 0 radical (unpaired) electrons. The van der Waals surface area contributed by atoms with Crippen LogP contribution in [0.5, 0.6) is 0 Å². The zero-order valence-electron chi connectivity index (χ0n) is 13.4. The van der Waals surface area contributed by atoms with Crippen LogP contribution in [-0.4, -0.2) is 69.8 Å². The summed E-state index contributed by atoms with van der Waals surface area (Å²) >= 11 is 1.71. The SMILES string of the molecule is CN1CCN(CCSc2nc3cc([N+](=O)[O-])ccc3n2C)CC1. The highest BCUT2D eigenvalue weighted by atomic mass is 32.2. The smallest absolute Gasteiger partial charge is 0.271 e. The van der Waals surface area contributed by atoms with Crippen LogP contribution in [0, 0.1) is 10.1 Å². The Labute approximate surface area is 139 Å². The lowest BCUT2D eigenvalue weighted by atomic mass is 10.3. The van der Waals surface area contributed by atoms with Gasteiger partial charge in [0.2, 0.25) is 0 Å². The van der Waals surface area contributed by atoms with E-state index < -0.39 is 0 Å². The van der Waals surface area contributed by atoms with Gasteiger partial charge in [-0.25, -0.2) is 4.98 Å². The largest absolute Gasteiger partial charge is 0.322 e. The van der Waals surface area contributed by atoms with Gasteiger partial charge < -0.3 is 9.47 Å². The molecule has 3 rings (SSSR count). The molecule has 1 saturated heterocycles. The molecular formula is C15H21N5O2S. The van der Waals surface area contributed by atoms with Crippen molar-refractivity contribution < 1.29 is 4.92 Å². The Kier molecular flexibility index (Phi) is 4.84. The number of hydrogen-bond acceptors (Lipinski definition) is 6. The van der Waals surface area contributed by atoms with Crippen molar-refractivity contribution in [3.8, 4) is 0 Å². The monoisotopic (exact) mass is 335 g/mol. The molecule has 1 aliphatic heterocycles. The number of rotatable bonds is 5. The van der Waals surface area contributed by atoms with Crippen LogP contribution in [0.3, 0.4) is 0 Å². The molecule has 7 nitrogen and oxygen atoms in total. The molecule has 1 aromatic carbocycles. The third kappa shape index (κ3) is 3.65. The molecule has 1 fully saturated rings. The van der Waals surface area contributed by atoms with E-state index in [0.717, 1.165) is 49.1 Å². The van der Waals surface area contributed by atoms with Crippen molar-refractivity contribution in [1.82, 2.24) is 19.4 Å². The van der Waals surface area contributed by atoms with Gasteiger partial charge in [-0.2, -0.15) is 0 Å². The van der Waals surface area contributed by atoms with Gasteiger partial charge in [0.05, 0.1) is 16.0 Å². The number of fused-ring (bicyclic) bond motifs is 1. The first kappa shape index (κ1) is 16.2. The summed E-state index contributed by atoms with van der Waals surface area (Å²) in [6.45, 7) is 5.53. The van der Waals surface area contributed by atoms with Gasteiger partial charge in [0.1, 0.15) is 0 Å². The minimum absolute atomic E-state index is 0.0876. The highest BCUT2D eigenvalue weighted by Gasteiger charge is 2.15. The summed E-state index contributed by atoms with van der Waals surface area (Å²) in [5, 5.41) is 11.8. The molecule has 0 amide bonds. The average Bonchev–Trinajstić information content (AvgIpc) is 2.85. The van der Waals surface area contributed by atoms with Crippen molar-refractivity contribution >= 4 is 28.5 Å². The Morgan fingerprint density at radius 1 is 1.26 bits per heavy atom. The van der Waals surface area contributed by atoms with Crippen molar-refractivity contribution in [3.63, 3.8) is 0 Å².